The van der Waals surface area contributed by atoms with Crippen LogP contribution in [-0.2, 0) is 0 Å². The Balaban J connectivity index is 2.90. The second-order valence-electron chi connectivity index (χ2n) is 4.07. The molecule has 0 nitrogen and oxygen atoms in total. The van der Waals surface area contributed by atoms with Crippen LogP contribution in [0.25, 0.3) is 0 Å². The highest BCUT2D eigenvalue weighted by atomic mass is 14.0. The van der Waals surface area contributed by atoms with Crippen LogP contribution in [-0.4, -0.2) is 7.85 Å². The van der Waals surface area contributed by atoms with E-state index in [0.717, 1.165) is 5.82 Å². The van der Waals surface area contributed by atoms with Gasteiger partial charge in [0.2, 0.25) is 0 Å². The zero-order valence-corrected chi connectivity index (χ0v) is 9.23. The molecule has 0 aliphatic heterocycles. The highest BCUT2D eigenvalue weighted by Gasteiger charge is 1.97. The second-order valence-corrected chi connectivity index (χ2v) is 4.07. The van der Waals surface area contributed by atoms with Crippen LogP contribution in [0.15, 0.2) is 0 Å². The number of rotatable bonds is 8. The summed E-state index contributed by atoms with van der Waals surface area (Å²) in [5, 5.41) is 0. The second kappa shape index (κ2) is 9.16. The Kier molecular flexibility index (Phi) is 9.20. The summed E-state index contributed by atoms with van der Waals surface area (Å²) in [7, 11) is 2.37. The topological polar surface area (TPSA) is 0 Å². The molecule has 0 saturated carbocycles. The molecular formula is C11H25B. The van der Waals surface area contributed by atoms with Crippen molar-refractivity contribution in [1.82, 2.24) is 0 Å². The summed E-state index contributed by atoms with van der Waals surface area (Å²) in [6.07, 6.45) is 11.4. The Morgan fingerprint density at radius 1 is 0.917 bits per heavy atom. The number of unbranched alkanes of at least 4 members (excludes halogenated alkanes) is 5. The fourth-order valence-electron chi connectivity index (χ4n) is 1.48. The van der Waals surface area contributed by atoms with Crippen LogP contribution in [0.2, 0.25) is 5.82 Å². The molecule has 0 aliphatic carbocycles. The standard InChI is InChI=1S/C11H25B/c1-3-5-6-7-8-9-10-11(12)4-2/h11H,3-10,12H2,1-2H3. The molecule has 12 heavy (non-hydrogen) atoms. The lowest BCUT2D eigenvalue weighted by Gasteiger charge is -2.06. The van der Waals surface area contributed by atoms with Crippen molar-refractivity contribution in [3.05, 3.63) is 0 Å². The van der Waals surface area contributed by atoms with Gasteiger partial charge in [0.1, 0.15) is 7.85 Å². The van der Waals surface area contributed by atoms with Gasteiger partial charge in [-0.25, -0.2) is 0 Å². The molecule has 0 aromatic heterocycles. The van der Waals surface area contributed by atoms with Crippen LogP contribution in [0.3, 0.4) is 0 Å². The smallest absolute Gasteiger partial charge is 0.0700 e. The molecule has 72 valence electrons. The molecule has 1 unspecified atom stereocenters. The maximum atomic E-state index is 2.37. The van der Waals surface area contributed by atoms with E-state index in [9.17, 15) is 0 Å². The van der Waals surface area contributed by atoms with Crippen molar-refractivity contribution < 1.29 is 0 Å². The van der Waals surface area contributed by atoms with Crippen molar-refractivity contribution in [3.63, 3.8) is 0 Å². The highest BCUT2D eigenvalue weighted by Crippen LogP contribution is 2.16. The minimum Gasteiger partial charge on any atom is -0.0700 e. The van der Waals surface area contributed by atoms with Crippen molar-refractivity contribution in [2.75, 3.05) is 0 Å². The lowest BCUT2D eigenvalue weighted by Crippen LogP contribution is -1.90. The predicted octanol–water partition coefficient (Wildman–Crippen LogP) is 3.57. The van der Waals surface area contributed by atoms with Crippen molar-refractivity contribution in [2.45, 2.75) is 71.0 Å². The van der Waals surface area contributed by atoms with Gasteiger partial charge in [-0.3, -0.25) is 0 Å². The number of hydrogen-bond donors (Lipinski definition) is 0. The summed E-state index contributed by atoms with van der Waals surface area (Å²) >= 11 is 0. The van der Waals surface area contributed by atoms with Crippen molar-refractivity contribution in [3.8, 4) is 0 Å². The molecular weight excluding hydrogens is 143 g/mol. The Morgan fingerprint density at radius 3 is 2.08 bits per heavy atom. The monoisotopic (exact) mass is 168 g/mol. The fourth-order valence-corrected chi connectivity index (χ4v) is 1.48. The Morgan fingerprint density at radius 2 is 1.50 bits per heavy atom. The maximum absolute atomic E-state index is 2.37. The van der Waals surface area contributed by atoms with Crippen LogP contribution < -0.4 is 0 Å². The summed E-state index contributed by atoms with van der Waals surface area (Å²) in [4.78, 5) is 0. The summed E-state index contributed by atoms with van der Waals surface area (Å²) in [5.74, 6) is 0.955. The van der Waals surface area contributed by atoms with E-state index in [1.54, 1.807) is 0 Å². The largest absolute Gasteiger partial charge is 0.105 e. The first-order valence-electron chi connectivity index (χ1n) is 5.81. The lowest BCUT2D eigenvalue weighted by atomic mass is 9.81. The highest BCUT2D eigenvalue weighted by molar-refractivity contribution is 6.11. The summed E-state index contributed by atoms with van der Waals surface area (Å²) in [5.41, 5.74) is 0. The predicted molar refractivity (Wildman–Crippen MR) is 60.6 cm³/mol. The molecule has 0 radical (unpaired) electrons. The third-order valence-corrected chi connectivity index (χ3v) is 2.75. The van der Waals surface area contributed by atoms with Gasteiger partial charge in [0.25, 0.3) is 0 Å². The minimum absolute atomic E-state index is 0.955. The average Bonchev–Trinajstić information content (AvgIpc) is 2.10. The van der Waals surface area contributed by atoms with Gasteiger partial charge >= 0.3 is 0 Å². The molecule has 1 heteroatoms. The van der Waals surface area contributed by atoms with Crippen LogP contribution in [0.4, 0.5) is 0 Å². The molecule has 0 spiro atoms. The van der Waals surface area contributed by atoms with Gasteiger partial charge in [0.05, 0.1) is 0 Å². The van der Waals surface area contributed by atoms with Crippen molar-refractivity contribution in [2.24, 2.45) is 0 Å². The molecule has 0 N–H and O–H groups in total. The molecule has 0 bridgehead atoms. The van der Waals surface area contributed by atoms with Crippen molar-refractivity contribution in [1.29, 1.82) is 0 Å². The molecule has 0 saturated heterocycles. The van der Waals surface area contributed by atoms with Gasteiger partial charge in [0.15, 0.2) is 0 Å². The van der Waals surface area contributed by atoms with E-state index in [0.29, 0.717) is 0 Å². The number of hydrogen-bond acceptors (Lipinski definition) is 0. The summed E-state index contributed by atoms with van der Waals surface area (Å²) in [6, 6.07) is 0. The van der Waals surface area contributed by atoms with Crippen LogP contribution in [0, 0.1) is 0 Å². The normalized spacial score (nSPS) is 13.2. The summed E-state index contributed by atoms with van der Waals surface area (Å²) < 4.78 is 0. The van der Waals surface area contributed by atoms with Gasteiger partial charge < -0.3 is 0 Å². The zero-order chi connectivity index (χ0) is 9.23. The van der Waals surface area contributed by atoms with E-state index in [1.165, 1.54) is 51.4 Å². The third-order valence-electron chi connectivity index (χ3n) is 2.75. The van der Waals surface area contributed by atoms with Crippen molar-refractivity contribution >= 4 is 7.85 Å². The molecule has 0 fully saturated rings. The molecule has 0 aromatic carbocycles. The summed E-state index contributed by atoms with van der Waals surface area (Å²) in [6.45, 7) is 4.57. The Hall–Kier alpha value is 0.0649. The molecule has 1 atom stereocenters. The lowest BCUT2D eigenvalue weighted by molar-refractivity contribution is 0.572. The van der Waals surface area contributed by atoms with Gasteiger partial charge in [0, 0.05) is 0 Å². The van der Waals surface area contributed by atoms with Crippen LogP contribution in [0.1, 0.15) is 65.2 Å². The Labute approximate surface area is 79.5 Å². The zero-order valence-electron chi connectivity index (χ0n) is 9.23. The SMILES string of the molecule is BC(CC)CCCCCCCC. The van der Waals surface area contributed by atoms with Crippen LogP contribution in [0.5, 0.6) is 0 Å². The van der Waals surface area contributed by atoms with Gasteiger partial charge in [-0.1, -0.05) is 71.0 Å². The van der Waals surface area contributed by atoms with E-state index >= 15 is 0 Å². The fraction of sp³-hybridized carbons (Fsp3) is 1.00. The van der Waals surface area contributed by atoms with E-state index < -0.39 is 0 Å². The van der Waals surface area contributed by atoms with Gasteiger partial charge in [-0.15, -0.1) is 0 Å². The van der Waals surface area contributed by atoms with E-state index in [-0.39, 0.29) is 0 Å². The third kappa shape index (κ3) is 8.16. The van der Waals surface area contributed by atoms with Gasteiger partial charge in [-0.2, -0.15) is 0 Å². The first-order chi connectivity index (χ1) is 5.81. The van der Waals surface area contributed by atoms with E-state index in [4.69, 9.17) is 0 Å². The van der Waals surface area contributed by atoms with E-state index in [1.807, 2.05) is 0 Å². The minimum atomic E-state index is 0.955. The first kappa shape index (κ1) is 12.1. The molecule has 0 amide bonds. The quantitative estimate of drug-likeness (QED) is 0.384. The van der Waals surface area contributed by atoms with Crippen LogP contribution >= 0.6 is 0 Å². The molecule has 0 aromatic rings. The molecule has 0 rings (SSSR count). The Bertz CT molecular complexity index is 81.1. The molecule has 0 heterocycles. The molecule has 0 aliphatic rings. The maximum Gasteiger partial charge on any atom is 0.105 e. The first-order valence-corrected chi connectivity index (χ1v) is 5.81. The average molecular weight is 168 g/mol. The van der Waals surface area contributed by atoms with Gasteiger partial charge in [-0.05, 0) is 0 Å². The van der Waals surface area contributed by atoms with E-state index in [2.05, 4.69) is 21.7 Å².